The third-order valence-electron chi connectivity index (χ3n) is 2.61. The molecule has 0 bridgehead atoms. The first-order chi connectivity index (χ1) is 8.50. The van der Waals surface area contributed by atoms with Crippen LogP contribution in [0.4, 0.5) is 8.78 Å². The van der Waals surface area contributed by atoms with Crippen molar-refractivity contribution in [1.29, 1.82) is 0 Å². The third kappa shape index (κ3) is 2.55. The molecular weight excluding hydrogens is 324 g/mol. The van der Waals surface area contributed by atoms with Crippen molar-refractivity contribution in [3.63, 3.8) is 0 Å². The Kier molecular flexibility index (Phi) is 4.00. The van der Waals surface area contributed by atoms with Crippen LogP contribution in [0.15, 0.2) is 40.9 Å². The van der Waals surface area contributed by atoms with Crippen molar-refractivity contribution in [2.45, 2.75) is 6.04 Å². The monoisotopic (exact) mass is 331 g/mol. The molecule has 0 aromatic heterocycles. The number of rotatable bonds is 2. The molecule has 0 saturated heterocycles. The Hall–Kier alpha value is -0.970. The van der Waals surface area contributed by atoms with E-state index >= 15 is 0 Å². The molecule has 0 radical (unpaired) electrons. The Labute approximate surface area is 117 Å². The lowest BCUT2D eigenvalue weighted by atomic mass is 9.99. The SMILES string of the molecule is NC(c1cc(F)ccc1Cl)c1cccc(F)c1Br. The smallest absolute Gasteiger partial charge is 0.137 e. The van der Waals surface area contributed by atoms with Crippen LogP contribution in [0.2, 0.25) is 5.02 Å². The molecule has 94 valence electrons. The fourth-order valence-electron chi connectivity index (χ4n) is 1.68. The Bertz CT molecular complexity index is 587. The highest BCUT2D eigenvalue weighted by Gasteiger charge is 2.17. The Balaban J connectivity index is 2.51. The first-order valence-corrected chi connectivity index (χ1v) is 6.32. The molecule has 2 N–H and O–H groups in total. The Morgan fingerprint density at radius 1 is 1.11 bits per heavy atom. The molecule has 0 fully saturated rings. The molecule has 1 atom stereocenters. The molecule has 5 heteroatoms. The van der Waals surface area contributed by atoms with Gasteiger partial charge in [0.1, 0.15) is 11.6 Å². The average molecular weight is 333 g/mol. The molecule has 2 rings (SSSR count). The predicted octanol–water partition coefficient (Wildman–Crippen LogP) is 4.43. The average Bonchev–Trinajstić information content (AvgIpc) is 2.35. The van der Waals surface area contributed by atoms with Gasteiger partial charge in [-0.15, -0.1) is 0 Å². The van der Waals surface area contributed by atoms with Gasteiger partial charge in [0.05, 0.1) is 10.5 Å². The fourth-order valence-corrected chi connectivity index (χ4v) is 2.43. The van der Waals surface area contributed by atoms with Crippen LogP contribution in [0.3, 0.4) is 0 Å². The lowest BCUT2D eigenvalue weighted by molar-refractivity contribution is 0.614. The molecule has 2 aromatic carbocycles. The topological polar surface area (TPSA) is 26.0 Å². The van der Waals surface area contributed by atoms with Gasteiger partial charge in [0.2, 0.25) is 0 Å². The lowest BCUT2D eigenvalue weighted by Crippen LogP contribution is -2.13. The number of nitrogens with two attached hydrogens (primary N) is 1. The second-order valence-corrected chi connectivity index (χ2v) is 4.99. The second-order valence-electron chi connectivity index (χ2n) is 3.79. The van der Waals surface area contributed by atoms with E-state index in [0.29, 0.717) is 16.1 Å². The van der Waals surface area contributed by atoms with Gasteiger partial charge in [-0.3, -0.25) is 0 Å². The summed E-state index contributed by atoms with van der Waals surface area (Å²) in [5.74, 6) is -0.854. The van der Waals surface area contributed by atoms with Gasteiger partial charge in [-0.2, -0.15) is 0 Å². The molecule has 0 amide bonds. The first kappa shape index (κ1) is 13.5. The molecule has 0 spiro atoms. The van der Waals surface area contributed by atoms with Gasteiger partial charge in [-0.05, 0) is 51.3 Å². The maximum Gasteiger partial charge on any atom is 0.137 e. The van der Waals surface area contributed by atoms with E-state index < -0.39 is 17.7 Å². The highest BCUT2D eigenvalue weighted by Crippen LogP contribution is 2.32. The van der Waals surface area contributed by atoms with E-state index in [1.807, 2.05) is 0 Å². The van der Waals surface area contributed by atoms with Crippen molar-refractivity contribution in [1.82, 2.24) is 0 Å². The molecule has 1 unspecified atom stereocenters. The largest absolute Gasteiger partial charge is 0.320 e. The number of benzene rings is 2. The zero-order chi connectivity index (χ0) is 13.3. The standard InChI is InChI=1S/C13H9BrClF2N/c14-12-8(2-1-3-11(12)17)13(18)9-6-7(16)4-5-10(9)15/h1-6,13H,18H2. The summed E-state index contributed by atoms with van der Waals surface area (Å²) >= 11 is 9.11. The molecule has 2 aromatic rings. The molecule has 18 heavy (non-hydrogen) atoms. The molecule has 0 aliphatic rings. The summed E-state index contributed by atoms with van der Waals surface area (Å²) < 4.78 is 26.9. The summed E-state index contributed by atoms with van der Waals surface area (Å²) in [6, 6.07) is 7.76. The highest BCUT2D eigenvalue weighted by atomic mass is 79.9. The highest BCUT2D eigenvalue weighted by molar-refractivity contribution is 9.10. The van der Waals surface area contributed by atoms with Crippen molar-refractivity contribution in [2.75, 3.05) is 0 Å². The van der Waals surface area contributed by atoms with E-state index in [2.05, 4.69) is 15.9 Å². The summed E-state index contributed by atoms with van der Waals surface area (Å²) in [7, 11) is 0. The normalized spacial score (nSPS) is 12.5. The summed E-state index contributed by atoms with van der Waals surface area (Å²) in [5, 5.41) is 0.347. The van der Waals surface area contributed by atoms with E-state index in [9.17, 15) is 8.78 Å². The molecule has 0 saturated carbocycles. The van der Waals surface area contributed by atoms with Gasteiger partial charge in [-0.25, -0.2) is 8.78 Å². The van der Waals surface area contributed by atoms with Crippen LogP contribution in [-0.4, -0.2) is 0 Å². The lowest BCUT2D eigenvalue weighted by Gasteiger charge is -2.16. The van der Waals surface area contributed by atoms with Crippen LogP contribution in [-0.2, 0) is 0 Å². The minimum absolute atomic E-state index is 0.262. The van der Waals surface area contributed by atoms with Crippen LogP contribution >= 0.6 is 27.5 Å². The quantitative estimate of drug-likeness (QED) is 0.865. The van der Waals surface area contributed by atoms with Crippen molar-refractivity contribution in [2.24, 2.45) is 5.73 Å². The van der Waals surface area contributed by atoms with Gasteiger partial charge >= 0.3 is 0 Å². The van der Waals surface area contributed by atoms with E-state index in [1.165, 1.54) is 24.3 Å². The number of halogens is 4. The minimum Gasteiger partial charge on any atom is -0.320 e. The number of hydrogen-bond donors (Lipinski definition) is 1. The van der Waals surface area contributed by atoms with Gasteiger partial charge in [0.15, 0.2) is 0 Å². The van der Waals surface area contributed by atoms with Crippen LogP contribution in [0.1, 0.15) is 17.2 Å². The van der Waals surface area contributed by atoms with Crippen molar-refractivity contribution < 1.29 is 8.78 Å². The summed E-state index contributed by atoms with van der Waals surface area (Å²) in [6.07, 6.45) is 0. The Morgan fingerprint density at radius 3 is 2.56 bits per heavy atom. The minimum atomic E-state index is -0.696. The zero-order valence-electron chi connectivity index (χ0n) is 9.13. The molecule has 0 aliphatic heterocycles. The van der Waals surface area contributed by atoms with Gasteiger partial charge in [0.25, 0.3) is 0 Å². The maximum absolute atomic E-state index is 13.4. The summed E-state index contributed by atoms with van der Waals surface area (Å²) in [6.45, 7) is 0. The van der Waals surface area contributed by atoms with E-state index in [4.69, 9.17) is 17.3 Å². The van der Waals surface area contributed by atoms with Crippen LogP contribution in [0, 0.1) is 11.6 Å². The zero-order valence-corrected chi connectivity index (χ0v) is 11.5. The van der Waals surface area contributed by atoms with Crippen molar-refractivity contribution in [3.8, 4) is 0 Å². The molecule has 0 aliphatic carbocycles. The Morgan fingerprint density at radius 2 is 1.83 bits per heavy atom. The van der Waals surface area contributed by atoms with Gasteiger partial charge in [-0.1, -0.05) is 23.7 Å². The van der Waals surface area contributed by atoms with Crippen LogP contribution < -0.4 is 5.73 Å². The van der Waals surface area contributed by atoms with Crippen LogP contribution in [0.25, 0.3) is 0 Å². The van der Waals surface area contributed by atoms with E-state index in [1.54, 1.807) is 12.1 Å². The number of hydrogen-bond acceptors (Lipinski definition) is 1. The molecular formula is C13H9BrClF2N. The molecule has 0 heterocycles. The summed E-state index contributed by atoms with van der Waals surface area (Å²) in [5.41, 5.74) is 6.94. The van der Waals surface area contributed by atoms with Gasteiger partial charge in [0, 0.05) is 5.02 Å². The molecule has 1 nitrogen and oxygen atoms in total. The first-order valence-electron chi connectivity index (χ1n) is 5.15. The van der Waals surface area contributed by atoms with Crippen LogP contribution in [0.5, 0.6) is 0 Å². The maximum atomic E-state index is 13.4. The fraction of sp³-hybridized carbons (Fsp3) is 0.0769. The third-order valence-corrected chi connectivity index (χ3v) is 3.79. The van der Waals surface area contributed by atoms with Crippen molar-refractivity contribution >= 4 is 27.5 Å². The predicted molar refractivity (Wildman–Crippen MR) is 71.5 cm³/mol. The van der Waals surface area contributed by atoms with Gasteiger partial charge < -0.3 is 5.73 Å². The second kappa shape index (κ2) is 5.34. The van der Waals surface area contributed by atoms with E-state index in [0.717, 1.165) is 0 Å². The van der Waals surface area contributed by atoms with E-state index in [-0.39, 0.29) is 4.47 Å². The summed E-state index contributed by atoms with van der Waals surface area (Å²) in [4.78, 5) is 0. The van der Waals surface area contributed by atoms with Crippen molar-refractivity contribution in [3.05, 3.63) is 68.7 Å².